The molecule has 0 rings (SSSR count). The number of amides is 2. The number of carbonyl (C=O) groups is 2. The van der Waals surface area contributed by atoms with E-state index in [0.717, 1.165) is 37.0 Å². The Morgan fingerprint density at radius 1 is 1.04 bits per heavy atom. The zero-order valence-electron chi connectivity index (χ0n) is 17.1. The second-order valence-corrected chi connectivity index (χ2v) is 5.66. The summed E-state index contributed by atoms with van der Waals surface area (Å²) < 4.78 is 0. The maximum atomic E-state index is 11.8. The Bertz CT molecular complexity index is 497. The molecule has 0 spiro atoms. The summed E-state index contributed by atoms with van der Waals surface area (Å²) in [6.07, 6.45) is 11.9. The minimum Gasteiger partial charge on any atom is -0.362 e. The fourth-order valence-corrected chi connectivity index (χ4v) is 2.12. The van der Waals surface area contributed by atoms with Crippen molar-refractivity contribution in [2.75, 3.05) is 6.54 Å². The van der Waals surface area contributed by atoms with Crippen molar-refractivity contribution in [1.29, 1.82) is 0 Å². The van der Waals surface area contributed by atoms with Crippen LogP contribution in [0.15, 0.2) is 48.9 Å². The molecule has 0 aliphatic heterocycles. The van der Waals surface area contributed by atoms with Crippen LogP contribution in [-0.2, 0) is 9.59 Å². The van der Waals surface area contributed by atoms with Crippen LogP contribution < -0.4 is 16.1 Å². The molecule has 0 fully saturated rings. The number of carbonyl (C=O) groups excluding carboxylic acids is 2. The molecular formula is C21H37N3O3. The maximum absolute atomic E-state index is 11.8. The minimum absolute atomic E-state index is 0.0100. The third-order valence-corrected chi connectivity index (χ3v) is 3.44. The lowest BCUT2D eigenvalue weighted by Gasteiger charge is -2.09. The van der Waals surface area contributed by atoms with Gasteiger partial charge >= 0.3 is 0 Å². The molecule has 0 aromatic carbocycles. The maximum Gasteiger partial charge on any atom is 0.243 e. The summed E-state index contributed by atoms with van der Waals surface area (Å²) in [5.41, 5.74) is 3.54. The molecule has 4 N–H and O–H groups in total. The van der Waals surface area contributed by atoms with Crippen LogP contribution in [0.4, 0.5) is 0 Å². The van der Waals surface area contributed by atoms with E-state index < -0.39 is 5.91 Å². The minimum atomic E-state index is -0.392. The van der Waals surface area contributed by atoms with E-state index in [9.17, 15) is 9.59 Å². The van der Waals surface area contributed by atoms with Crippen molar-refractivity contribution in [1.82, 2.24) is 16.1 Å². The van der Waals surface area contributed by atoms with Crippen LogP contribution >= 0.6 is 0 Å². The lowest BCUT2D eigenvalue weighted by molar-refractivity contribution is -0.129. The molecule has 0 aliphatic rings. The Morgan fingerprint density at radius 2 is 1.67 bits per heavy atom. The molecule has 0 aliphatic carbocycles. The van der Waals surface area contributed by atoms with Crippen molar-refractivity contribution >= 4 is 11.8 Å². The van der Waals surface area contributed by atoms with Crippen LogP contribution in [-0.4, -0.2) is 23.6 Å². The number of hydrogen-bond donors (Lipinski definition) is 4. The summed E-state index contributed by atoms with van der Waals surface area (Å²) in [5, 5.41) is 14.4. The van der Waals surface area contributed by atoms with Crippen LogP contribution in [0, 0.1) is 0 Å². The first kappa shape index (κ1) is 26.9. The molecule has 0 atom stereocenters. The van der Waals surface area contributed by atoms with Gasteiger partial charge in [-0.3, -0.25) is 14.8 Å². The largest absolute Gasteiger partial charge is 0.362 e. The second kappa shape index (κ2) is 20.0. The van der Waals surface area contributed by atoms with E-state index in [-0.39, 0.29) is 12.3 Å². The summed E-state index contributed by atoms with van der Waals surface area (Å²) in [5.74, 6) is -0.382. The zero-order chi connectivity index (χ0) is 20.9. The summed E-state index contributed by atoms with van der Waals surface area (Å²) >= 11 is 0. The van der Waals surface area contributed by atoms with Gasteiger partial charge in [-0.25, -0.2) is 5.48 Å². The van der Waals surface area contributed by atoms with Gasteiger partial charge in [0.1, 0.15) is 0 Å². The van der Waals surface area contributed by atoms with Crippen molar-refractivity contribution in [2.45, 2.75) is 65.7 Å². The number of allylic oxidation sites excluding steroid dienone is 3. The Morgan fingerprint density at radius 3 is 2.22 bits per heavy atom. The van der Waals surface area contributed by atoms with Gasteiger partial charge in [-0.15, -0.1) is 6.58 Å². The van der Waals surface area contributed by atoms with Gasteiger partial charge in [0.15, 0.2) is 0 Å². The molecule has 6 heteroatoms. The van der Waals surface area contributed by atoms with Crippen molar-refractivity contribution in [3.63, 3.8) is 0 Å². The Labute approximate surface area is 164 Å². The number of hydroxylamine groups is 1. The fraction of sp³-hybridized carbons (Fsp3) is 0.524. The quantitative estimate of drug-likeness (QED) is 0.120. The van der Waals surface area contributed by atoms with Crippen molar-refractivity contribution < 1.29 is 14.8 Å². The summed E-state index contributed by atoms with van der Waals surface area (Å²) in [4.78, 5) is 22.6. The summed E-state index contributed by atoms with van der Waals surface area (Å²) in [7, 11) is 0. The highest BCUT2D eigenvalue weighted by molar-refractivity contribution is 5.76. The SMILES string of the molecule is C=CC/C(=C\NC(=C)/C=C\C)CCNC(=O)CCCCCC(=O)NO.CC. The summed E-state index contributed by atoms with van der Waals surface area (Å²) in [6, 6.07) is 0. The molecule has 0 saturated carbocycles. The Balaban J connectivity index is 0. The van der Waals surface area contributed by atoms with E-state index >= 15 is 0 Å². The standard InChI is InChI=1S/C19H31N3O3.C2H6/c1-4-9-16(3)21-15-17(10-5-2)13-14-20-18(23)11-7-6-8-12-19(24)22-25;1-2/h4-5,9,15,21,25H,2-3,6-8,10-14H2,1H3,(H,20,23)(H,22,24);1-2H3/b9-4-,17-15+;. The van der Waals surface area contributed by atoms with Crippen LogP contribution in [0.3, 0.4) is 0 Å². The van der Waals surface area contributed by atoms with Gasteiger partial charge in [0, 0.05) is 31.3 Å². The van der Waals surface area contributed by atoms with E-state index in [1.54, 1.807) is 5.48 Å². The monoisotopic (exact) mass is 379 g/mol. The molecule has 0 radical (unpaired) electrons. The van der Waals surface area contributed by atoms with Gasteiger partial charge in [0.05, 0.1) is 0 Å². The molecular weight excluding hydrogens is 342 g/mol. The predicted molar refractivity (Wildman–Crippen MR) is 112 cm³/mol. The molecule has 27 heavy (non-hydrogen) atoms. The first-order chi connectivity index (χ1) is 13.0. The van der Waals surface area contributed by atoms with Gasteiger partial charge in [-0.05, 0) is 44.3 Å². The van der Waals surface area contributed by atoms with Crippen molar-refractivity contribution in [2.24, 2.45) is 0 Å². The average molecular weight is 380 g/mol. The molecule has 0 bridgehead atoms. The smallest absolute Gasteiger partial charge is 0.243 e. The third kappa shape index (κ3) is 18.3. The topological polar surface area (TPSA) is 90.5 Å². The van der Waals surface area contributed by atoms with Crippen LogP contribution in [0.25, 0.3) is 0 Å². The normalized spacial score (nSPS) is 10.6. The highest BCUT2D eigenvalue weighted by atomic mass is 16.5. The van der Waals surface area contributed by atoms with Gasteiger partial charge in [0.25, 0.3) is 0 Å². The molecule has 2 amide bonds. The number of nitrogens with one attached hydrogen (secondary N) is 3. The third-order valence-electron chi connectivity index (χ3n) is 3.44. The van der Waals surface area contributed by atoms with E-state index in [1.807, 2.05) is 45.2 Å². The van der Waals surface area contributed by atoms with Gasteiger partial charge in [0.2, 0.25) is 11.8 Å². The summed E-state index contributed by atoms with van der Waals surface area (Å²) in [6.45, 7) is 14.1. The van der Waals surface area contributed by atoms with E-state index in [0.29, 0.717) is 19.4 Å². The Hall–Kier alpha value is -2.34. The van der Waals surface area contributed by atoms with Crippen LogP contribution in [0.1, 0.15) is 65.7 Å². The molecule has 6 nitrogen and oxygen atoms in total. The molecule has 0 aromatic rings. The fourth-order valence-electron chi connectivity index (χ4n) is 2.12. The van der Waals surface area contributed by atoms with E-state index in [2.05, 4.69) is 23.8 Å². The molecule has 0 saturated heterocycles. The molecule has 0 aromatic heterocycles. The van der Waals surface area contributed by atoms with Crippen LogP contribution in [0.5, 0.6) is 0 Å². The van der Waals surface area contributed by atoms with Gasteiger partial charge in [-0.1, -0.05) is 39.0 Å². The van der Waals surface area contributed by atoms with E-state index in [1.165, 1.54) is 0 Å². The zero-order valence-corrected chi connectivity index (χ0v) is 17.1. The highest BCUT2D eigenvalue weighted by Gasteiger charge is 2.03. The van der Waals surface area contributed by atoms with Gasteiger partial charge < -0.3 is 10.6 Å². The second-order valence-electron chi connectivity index (χ2n) is 5.66. The lowest BCUT2D eigenvalue weighted by atomic mass is 10.1. The number of unbranched alkanes of at least 4 members (excludes halogenated alkanes) is 2. The molecule has 154 valence electrons. The number of hydrogen-bond acceptors (Lipinski definition) is 4. The van der Waals surface area contributed by atoms with Crippen molar-refractivity contribution in [3.8, 4) is 0 Å². The van der Waals surface area contributed by atoms with E-state index in [4.69, 9.17) is 5.21 Å². The predicted octanol–water partition coefficient (Wildman–Crippen LogP) is 4.11. The lowest BCUT2D eigenvalue weighted by Crippen LogP contribution is -2.24. The number of rotatable bonds is 14. The molecule has 0 heterocycles. The van der Waals surface area contributed by atoms with Crippen LogP contribution in [0.2, 0.25) is 0 Å². The average Bonchev–Trinajstić information content (AvgIpc) is 2.67. The Kier molecular flexibility index (Phi) is 19.9. The first-order valence-electron chi connectivity index (χ1n) is 9.60. The molecule has 0 unspecified atom stereocenters. The van der Waals surface area contributed by atoms with Crippen molar-refractivity contribution in [3.05, 3.63) is 48.9 Å². The van der Waals surface area contributed by atoms with Gasteiger partial charge in [-0.2, -0.15) is 0 Å². The first-order valence-corrected chi connectivity index (χ1v) is 9.60. The highest BCUT2D eigenvalue weighted by Crippen LogP contribution is 2.07.